The second-order valence-electron chi connectivity index (χ2n) is 1.07. The van der Waals surface area contributed by atoms with Crippen molar-refractivity contribution in [2.24, 2.45) is 0 Å². The van der Waals surface area contributed by atoms with Crippen LogP contribution in [-0.4, -0.2) is 19.6 Å². The maximum absolute atomic E-state index is 11.0. The summed E-state index contributed by atoms with van der Waals surface area (Å²) in [6.45, 7) is -0.491. The minimum Gasteiger partial charge on any atom is -0.264 e. The third kappa shape index (κ3) is 7.54. The van der Waals surface area contributed by atoms with Gasteiger partial charge in [0.1, 0.15) is 0 Å². The minimum absolute atomic E-state index is 0.116. The van der Waals surface area contributed by atoms with E-state index in [1.807, 2.05) is 0 Å². The molecule has 0 amide bonds. The van der Waals surface area contributed by atoms with E-state index in [4.69, 9.17) is 4.55 Å². The summed E-state index contributed by atoms with van der Waals surface area (Å²) >= 11 is 0. The van der Waals surface area contributed by atoms with E-state index < -0.39 is 17.0 Å². The van der Waals surface area contributed by atoms with E-state index in [0.29, 0.717) is 0 Å². The standard InChI is InChI=1S/C3H5FO4S/c4-2-1-3-8-9(5,6)7/h1-2H,3H2,(H,5,6,7). The highest BCUT2D eigenvalue weighted by atomic mass is 32.3. The van der Waals surface area contributed by atoms with Crippen LogP contribution < -0.4 is 0 Å². The molecule has 0 saturated carbocycles. The maximum atomic E-state index is 11.0. The molecule has 0 aliphatic heterocycles. The molecule has 0 aromatic rings. The Morgan fingerprint density at radius 3 is 2.56 bits per heavy atom. The molecule has 0 unspecified atom stereocenters. The smallest absolute Gasteiger partial charge is 0.264 e. The SMILES string of the molecule is O=S(=O)(O)OCC=CF. The number of rotatable bonds is 3. The van der Waals surface area contributed by atoms with Gasteiger partial charge in [0, 0.05) is 0 Å². The highest BCUT2D eigenvalue weighted by Crippen LogP contribution is 1.85. The van der Waals surface area contributed by atoms with Gasteiger partial charge in [-0.15, -0.1) is 0 Å². The lowest BCUT2D eigenvalue weighted by Gasteiger charge is -1.90. The van der Waals surface area contributed by atoms with Gasteiger partial charge in [-0.2, -0.15) is 8.42 Å². The van der Waals surface area contributed by atoms with Crippen molar-refractivity contribution < 1.29 is 21.5 Å². The largest absolute Gasteiger partial charge is 0.397 e. The average molecular weight is 156 g/mol. The lowest BCUT2D eigenvalue weighted by atomic mass is 10.7. The molecule has 0 radical (unpaired) electrons. The number of hydrogen-bond acceptors (Lipinski definition) is 3. The molecule has 0 fully saturated rings. The van der Waals surface area contributed by atoms with Crippen LogP contribution in [0.2, 0.25) is 0 Å². The maximum Gasteiger partial charge on any atom is 0.397 e. The second-order valence-corrected chi connectivity index (χ2v) is 2.17. The monoisotopic (exact) mass is 156 g/mol. The van der Waals surface area contributed by atoms with E-state index in [0.717, 1.165) is 6.08 Å². The summed E-state index contributed by atoms with van der Waals surface area (Å²) in [5, 5.41) is 0. The van der Waals surface area contributed by atoms with E-state index >= 15 is 0 Å². The second kappa shape index (κ2) is 3.54. The van der Waals surface area contributed by atoms with E-state index in [1.54, 1.807) is 0 Å². The summed E-state index contributed by atoms with van der Waals surface area (Å²) < 4.78 is 41.9. The van der Waals surface area contributed by atoms with Gasteiger partial charge in [0.2, 0.25) is 0 Å². The highest BCUT2D eigenvalue weighted by Gasteiger charge is 1.99. The summed E-state index contributed by atoms with van der Waals surface area (Å²) in [5.74, 6) is 0. The van der Waals surface area contributed by atoms with E-state index in [2.05, 4.69) is 4.18 Å². The Balaban J connectivity index is 3.53. The Morgan fingerprint density at radius 1 is 1.67 bits per heavy atom. The van der Waals surface area contributed by atoms with Crippen molar-refractivity contribution in [2.75, 3.05) is 6.61 Å². The zero-order chi connectivity index (χ0) is 7.33. The summed E-state index contributed by atoms with van der Waals surface area (Å²) in [7, 11) is -4.41. The van der Waals surface area contributed by atoms with Crippen LogP contribution in [0.4, 0.5) is 4.39 Å². The van der Waals surface area contributed by atoms with Crippen molar-refractivity contribution in [3.8, 4) is 0 Å². The third-order valence-electron chi connectivity index (χ3n) is 0.402. The molecule has 0 heterocycles. The van der Waals surface area contributed by atoms with Gasteiger partial charge in [-0.25, -0.2) is 8.57 Å². The van der Waals surface area contributed by atoms with Crippen LogP contribution in [0.3, 0.4) is 0 Å². The molecular formula is C3H5FO4S. The lowest BCUT2D eigenvalue weighted by Crippen LogP contribution is -2.02. The molecule has 6 heteroatoms. The summed E-state index contributed by atoms with van der Waals surface area (Å²) in [6.07, 6.45) is 0.916. The highest BCUT2D eigenvalue weighted by molar-refractivity contribution is 7.80. The summed E-state index contributed by atoms with van der Waals surface area (Å²) in [5.41, 5.74) is 0. The van der Waals surface area contributed by atoms with Crippen molar-refractivity contribution in [1.29, 1.82) is 0 Å². The Hall–Kier alpha value is -0.460. The molecule has 4 nitrogen and oxygen atoms in total. The predicted molar refractivity (Wildman–Crippen MR) is 27.7 cm³/mol. The van der Waals surface area contributed by atoms with Crippen LogP contribution in [0.5, 0.6) is 0 Å². The Bertz CT molecular complexity index is 182. The normalized spacial score (nSPS) is 12.7. The van der Waals surface area contributed by atoms with Crippen LogP contribution >= 0.6 is 0 Å². The Kier molecular flexibility index (Phi) is 3.36. The summed E-state index contributed by atoms with van der Waals surface area (Å²) in [4.78, 5) is 0. The van der Waals surface area contributed by atoms with Gasteiger partial charge >= 0.3 is 10.4 Å². The molecule has 0 aromatic heterocycles. The molecule has 0 saturated heterocycles. The van der Waals surface area contributed by atoms with Crippen molar-refractivity contribution in [3.63, 3.8) is 0 Å². The van der Waals surface area contributed by atoms with Gasteiger partial charge in [-0.05, 0) is 6.08 Å². The van der Waals surface area contributed by atoms with Crippen molar-refractivity contribution in [3.05, 3.63) is 12.4 Å². The van der Waals surface area contributed by atoms with Crippen molar-refractivity contribution in [2.45, 2.75) is 0 Å². The zero-order valence-electron chi connectivity index (χ0n) is 4.32. The molecule has 0 aromatic carbocycles. The number of halogens is 1. The molecule has 0 aliphatic carbocycles. The molecule has 9 heavy (non-hydrogen) atoms. The van der Waals surface area contributed by atoms with Gasteiger partial charge in [0.05, 0.1) is 12.9 Å². The molecule has 1 N–H and O–H groups in total. The molecule has 0 rings (SSSR count). The minimum atomic E-state index is -4.41. The third-order valence-corrected chi connectivity index (χ3v) is 0.836. The summed E-state index contributed by atoms with van der Waals surface area (Å²) in [6, 6.07) is 0. The molecule has 0 atom stereocenters. The quantitative estimate of drug-likeness (QED) is 0.596. The first-order chi connectivity index (χ1) is 4.06. The predicted octanol–water partition coefficient (Wildman–Crippen LogP) is 0.289. The van der Waals surface area contributed by atoms with Gasteiger partial charge < -0.3 is 0 Å². The topological polar surface area (TPSA) is 63.6 Å². The van der Waals surface area contributed by atoms with Crippen LogP contribution in [0.15, 0.2) is 12.4 Å². The fourth-order valence-electron chi connectivity index (χ4n) is 0.162. The Labute approximate surface area is 51.9 Å². The van der Waals surface area contributed by atoms with Crippen molar-refractivity contribution >= 4 is 10.4 Å². The van der Waals surface area contributed by atoms with Gasteiger partial charge in [0.25, 0.3) is 0 Å². The van der Waals surface area contributed by atoms with Crippen LogP contribution in [0.1, 0.15) is 0 Å². The lowest BCUT2D eigenvalue weighted by molar-refractivity contribution is 0.295. The average Bonchev–Trinajstić information content (AvgIpc) is 1.63. The first-order valence-corrected chi connectivity index (χ1v) is 3.30. The first kappa shape index (κ1) is 8.54. The fourth-order valence-corrected chi connectivity index (χ4v) is 0.412. The molecule has 0 bridgehead atoms. The van der Waals surface area contributed by atoms with Gasteiger partial charge in [-0.3, -0.25) is 4.55 Å². The number of hydrogen-bond donors (Lipinski definition) is 1. The molecule has 0 spiro atoms. The molecular weight excluding hydrogens is 151 g/mol. The van der Waals surface area contributed by atoms with Crippen LogP contribution in [0.25, 0.3) is 0 Å². The zero-order valence-corrected chi connectivity index (χ0v) is 5.14. The van der Waals surface area contributed by atoms with Crippen molar-refractivity contribution in [1.82, 2.24) is 0 Å². The molecule has 0 aliphatic rings. The molecule has 54 valence electrons. The fraction of sp³-hybridized carbons (Fsp3) is 0.333. The Morgan fingerprint density at radius 2 is 2.22 bits per heavy atom. The van der Waals surface area contributed by atoms with Gasteiger partial charge in [0.15, 0.2) is 0 Å². The van der Waals surface area contributed by atoms with E-state index in [9.17, 15) is 12.8 Å². The van der Waals surface area contributed by atoms with Crippen LogP contribution in [-0.2, 0) is 14.6 Å². The first-order valence-electron chi connectivity index (χ1n) is 1.93. The van der Waals surface area contributed by atoms with Crippen LogP contribution in [0, 0.1) is 0 Å². The van der Waals surface area contributed by atoms with Gasteiger partial charge in [-0.1, -0.05) is 0 Å². The van der Waals surface area contributed by atoms with E-state index in [-0.39, 0.29) is 6.33 Å². The van der Waals surface area contributed by atoms with E-state index in [1.165, 1.54) is 0 Å².